The fraction of sp³-hybridized carbons (Fsp3) is 0.455. The quantitative estimate of drug-likeness (QED) is 0.563. The number of halogens is 6. The molecule has 0 spiro atoms. The van der Waals surface area contributed by atoms with Crippen LogP contribution in [0.25, 0.3) is 0 Å². The van der Waals surface area contributed by atoms with E-state index in [9.17, 15) is 31.4 Å². The number of benzene rings is 2. The van der Waals surface area contributed by atoms with Gasteiger partial charge in [0.15, 0.2) is 0 Å². The van der Waals surface area contributed by atoms with Crippen LogP contribution in [-0.2, 0) is 22.5 Å². The molecular weight excluding hydrogens is 410 g/mol. The molecule has 2 nitrogen and oxygen atoms in total. The minimum atomic E-state index is -4.91. The van der Waals surface area contributed by atoms with Gasteiger partial charge in [0.25, 0.3) is 0 Å². The van der Waals surface area contributed by atoms with Gasteiger partial charge in [0.05, 0.1) is 29.4 Å². The maximum absolute atomic E-state index is 13.1. The second-order valence-corrected chi connectivity index (χ2v) is 8.29. The topological polar surface area (TPSA) is 29.5 Å². The predicted octanol–water partition coefficient (Wildman–Crippen LogP) is 6.28. The number of rotatable bonds is 5. The van der Waals surface area contributed by atoms with E-state index >= 15 is 0 Å². The van der Waals surface area contributed by atoms with Crippen LogP contribution in [0.3, 0.4) is 0 Å². The molecule has 0 aliphatic heterocycles. The molecule has 0 saturated heterocycles. The molecule has 30 heavy (non-hydrogen) atoms. The van der Waals surface area contributed by atoms with Crippen LogP contribution in [0.2, 0.25) is 0 Å². The molecule has 1 aliphatic carbocycles. The lowest BCUT2D eigenvalue weighted by molar-refractivity contribution is -0.143. The van der Waals surface area contributed by atoms with Gasteiger partial charge in [-0.1, -0.05) is 30.3 Å². The summed E-state index contributed by atoms with van der Waals surface area (Å²) in [6, 6.07) is 10.7. The van der Waals surface area contributed by atoms with Crippen molar-refractivity contribution < 1.29 is 36.2 Å². The summed E-state index contributed by atoms with van der Waals surface area (Å²) in [5.41, 5.74) is -3.48. The van der Waals surface area contributed by atoms with Crippen LogP contribution >= 0.6 is 0 Å². The van der Waals surface area contributed by atoms with Gasteiger partial charge >= 0.3 is 12.4 Å². The van der Waals surface area contributed by atoms with Crippen LogP contribution in [0.4, 0.5) is 26.3 Å². The van der Waals surface area contributed by atoms with Crippen molar-refractivity contribution in [2.24, 2.45) is 0 Å². The summed E-state index contributed by atoms with van der Waals surface area (Å²) in [6.07, 6.45) is -10.1. The molecular formula is C22H22F6O2. The van der Waals surface area contributed by atoms with E-state index in [1.54, 1.807) is 6.92 Å². The Morgan fingerprint density at radius 2 is 1.43 bits per heavy atom. The van der Waals surface area contributed by atoms with Gasteiger partial charge in [-0.25, -0.2) is 0 Å². The molecule has 1 atom stereocenters. The molecule has 2 aromatic rings. The monoisotopic (exact) mass is 432 g/mol. The highest BCUT2D eigenvalue weighted by atomic mass is 19.4. The molecule has 0 unspecified atom stereocenters. The van der Waals surface area contributed by atoms with E-state index in [-0.39, 0.29) is 18.2 Å². The Bertz CT molecular complexity index is 846. The SMILES string of the molecule is C[C@@H](OC[C@]1(c2ccccc2)C[C@@](C)(O)C1)c1cc(C(F)(F)F)cc(C(F)(F)F)c1. The lowest BCUT2D eigenvalue weighted by Gasteiger charge is -2.52. The van der Waals surface area contributed by atoms with E-state index in [1.165, 1.54) is 6.92 Å². The molecule has 1 aliphatic rings. The van der Waals surface area contributed by atoms with Crippen molar-refractivity contribution >= 4 is 0 Å². The highest BCUT2D eigenvalue weighted by Crippen LogP contribution is 2.51. The van der Waals surface area contributed by atoms with E-state index in [2.05, 4.69) is 0 Å². The van der Waals surface area contributed by atoms with E-state index in [0.717, 1.165) is 5.56 Å². The third kappa shape index (κ3) is 4.81. The first kappa shape index (κ1) is 22.6. The summed E-state index contributed by atoms with van der Waals surface area (Å²) < 4.78 is 84.4. The number of alkyl halides is 6. The molecule has 1 saturated carbocycles. The van der Waals surface area contributed by atoms with E-state index in [0.29, 0.717) is 25.0 Å². The summed E-state index contributed by atoms with van der Waals surface area (Å²) in [5.74, 6) is 0. The second-order valence-electron chi connectivity index (χ2n) is 8.29. The Morgan fingerprint density at radius 1 is 0.933 bits per heavy atom. The van der Waals surface area contributed by atoms with Gasteiger partial charge < -0.3 is 9.84 Å². The minimum Gasteiger partial charge on any atom is -0.390 e. The molecule has 8 heteroatoms. The zero-order valence-corrected chi connectivity index (χ0v) is 16.4. The zero-order chi connectivity index (χ0) is 22.4. The third-order valence-corrected chi connectivity index (χ3v) is 5.51. The summed E-state index contributed by atoms with van der Waals surface area (Å²) in [4.78, 5) is 0. The Kier molecular flexibility index (Phi) is 5.71. The molecule has 2 aromatic carbocycles. The van der Waals surface area contributed by atoms with Crippen LogP contribution in [0.1, 0.15) is 55.0 Å². The van der Waals surface area contributed by atoms with Crippen LogP contribution in [0.15, 0.2) is 48.5 Å². The summed E-state index contributed by atoms with van der Waals surface area (Å²) in [7, 11) is 0. The van der Waals surface area contributed by atoms with E-state index in [4.69, 9.17) is 4.74 Å². The zero-order valence-electron chi connectivity index (χ0n) is 16.4. The molecule has 3 rings (SSSR count). The van der Waals surface area contributed by atoms with Gasteiger partial charge in [0, 0.05) is 5.41 Å². The molecule has 0 amide bonds. The van der Waals surface area contributed by atoms with Crippen molar-refractivity contribution in [2.75, 3.05) is 6.61 Å². The number of hydrogen-bond donors (Lipinski definition) is 1. The molecule has 1 fully saturated rings. The van der Waals surface area contributed by atoms with Gasteiger partial charge in [0.1, 0.15) is 0 Å². The number of aliphatic hydroxyl groups is 1. The van der Waals surface area contributed by atoms with Gasteiger partial charge in [-0.05, 0) is 56.0 Å². The molecule has 1 N–H and O–H groups in total. The fourth-order valence-electron chi connectivity index (χ4n) is 4.18. The molecule has 0 radical (unpaired) electrons. The molecule has 0 bridgehead atoms. The number of hydrogen-bond acceptors (Lipinski definition) is 2. The lowest BCUT2D eigenvalue weighted by atomic mass is 9.57. The summed E-state index contributed by atoms with van der Waals surface area (Å²) in [5, 5.41) is 10.2. The maximum Gasteiger partial charge on any atom is 0.416 e. The van der Waals surface area contributed by atoms with E-state index < -0.39 is 40.6 Å². The van der Waals surface area contributed by atoms with Crippen LogP contribution in [-0.4, -0.2) is 17.3 Å². The van der Waals surface area contributed by atoms with E-state index in [1.807, 2.05) is 30.3 Å². The molecule has 0 aromatic heterocycles. The average molecular weight is 432 g/mol. The third-order valence-electron chi connectivity index (χ3n) is 5.51. The standard InChI is InChI=1S/C22H22F6O2/c1-14(15-8-17(21(23,24)25)10-18(9-15)22(26,27)28)30-13-20(11-19(2,29)12-20)16-6-4-3-5-7-16/h3-10,14,29H,11-13H2,1-2H3/t14-,19-,20+/m1/s1. The van der Waals surface area contributed by atoms with Crippen molar-refractivity contribution in [2.45, 2.75) is 56.2 Å². The Hall–Kier alpha value is -2.06. The fourth-order valence-corrected chi connectivity index (χ4v) is 4.18. The lowest BCUT2D eigenvalue weighted by Crippen LogP contribution is -2.55. The van der Waals surface area contributed by atoms with Crippen molar-refractivity contribution in [3.63, 3.8) is 0 Å². The maximum atomic E-state index is 13.1. The van der Waals surface area contributed by atoms with Gasteiger partial charge in [-0.3, -0.25) is 0 Å². The minimum absolute atomic E-state index is 0.0614. The normalized spacial score (nSPS) is 25.6. The van der Waals surface area contributed by atoms with Crippen molar-refractivity contribution in [1.29, 1.82) is 0 Å². The molecule has 164 valence electrons. The number of ether oxygens (including phenoxy) is 1. The van der Waals surface area contributed by atoms with Gasteiger partial charge in [-0.2, -0.15) is 26.3 Å². The molecule has 0 heterocycles. The first-order valence-corrected chi connectivity index (χ1v) is 9.41. The van der Waals surface area contributed by atoms with Crippen molar-refractivity contribution in [3.8, 4) is 0 Å². The first-order valence-electron chi connectivity index (χ1n) is 9.41. The van der Waals surface area contributed by atoms with Crippen molar-refractivity contribution in [3.05, 3.63) is 70.8 Å². The summed E-state index contributed by atoms with van der Waals surface area (Å²) >= 11 is 0. The van der Waals surface area contributed by atoms with Gasteiger partial charge in [0.2, 0.25) is 0 Å². The Labute approximate surface area is 170 Å². The van der Waals surface area contributed by atoms with Crippen LogP contribution in [0.5, 0.6) is 0 Å². The van der Waals surface area contributed by atoms with Gasteiger partial charge in [-0.15, -0.1) is 0 Å². The summed E-state index contributed by atoms with van der Waals surface area (Å²) in [6.45, 7) is 3.16. The highest BCUT2D eigenvalue weighted by molar-refractivity contribution is 5.35. The highest BCUT2D eigenvalue weighted by Gasteiger charge is 2.52. The predicted molar refractivity (Wildman–Crippen MR) is 98.8 cm³/mol. The van der Waals surface area contributed by atoms with Crippen LogP contribution in [0, 0.1) is 0 Å². The largest absolute Gasteiger partial charge is 0.416 e. The average Bonchev–Trinajstić information content (AvgIpc) is 2.63. The van der Waals surface area contributed by atoms with Crippen molar-refractivity contribution in [1.82, 2.24) is 0 Å². The Balaban J connectivity index is 1.85. The van der Waals surface area contributed by atoms with Crippen LogP contribution < -0.4 is 0 Å². The second kappa shape index (κ2) is 7.57. The first-order chi connectivity index (χ1) is 13.7. The smallest absolute Gasteiger partial charge is 0.390 e. The Morgan fingerprint density at radius 3 is 1.87 bits per heavy atom.